The van der Waals surface area contributed by atoms with Gasteiger partial charge in [-0.1, -0.05) is 0 Å². The average molecular weight is 438 g/mol. The van der Waals surface area contributed by atoms with Gasteiger partial charge in [-0.15, -0.1) is 0 Å². The van der Waals surface area contributed by atoms with E-state index in [9.17, 15) is 9.59 Å². The van der Waals surface area contributed by atoms with Crippen molar-refractivity contribution < 1.29 is 23.8 Å². The first-order chi connectivity index (χ1) is 15.5. The van der Waals surface area contributed by atoms with Crippen molar-refractivity contribution in [1.82, 2.24) is 14.9 Å². The Hall–Kier alpha value is -3.59. The first-order valence-corrected chi connectivity index (χ1v) is 10.4. The Morgan fingerprint density at radius 2 is 1.97 bits per heavy atom. The molecule has 0 unspecified atom stereocenters. The van der Waals surface area contributed by atoms with Crippen LogP contribution in [-0.2, 0) is 23.1 Å². The highest BCUT2D eigenvalue weighted by molar-refractivity contribution is 6.05. The molecule has 4 rings (SSSR count). The topological polar surface area (TPSA) is 104 Å². The van der Waals surface area contributed by atoms with E-state index in [0.717, 1.165) is 29.7 Å². The molecule has 168 valence electrons. The molecule has 3 aromatic rings. The number of amides is 2. The van der Waals surface area contributed by atoms with Crippen LogP contribution in [0.1, 0.15) is 29.0 Å². The second kappa shape index (κ2) is 9.27. The molecule has 2 heterocycles. The highest BCUT2D eigenvalue weighted by Crippen LogP contribution is 2.28. The minimum absolute atomic E-state index is 0.113. The molecule has 9 nitrogen and oxygen atoms in total. The highest BCUT2D eigenvalue weighted by atomic mass is 16.5. The van der Waals surface area contributed by atoms with Crippen LogP contribution in [0.3, 0.4) is 0 Å². The molecule has 1 aliphatic rings. The molecule has 0 spiro atoms. The summed E-state index contributed by atoms with van der Waals surface area (Å²) in [5.41, 5.74) is 2.68. The van der Waals surface area contributed by atoms with Crippen molar-refractivity contribution in [2.24, 2.45) is 7.05 Å². The van der Waals surface area contributed by atoms with Crippen LogP contribution in [0.15, 0.2) is 36.4 Å². The number of ether oxygens (including phenoxy) is 3. The molecule has 2 aromatic carbocycles. The Morgan fingerprint density at radius 1 is 1.16 bits per heavy atom. The summed E-state index contributed by atoms with van der Waals surface area (Å²) in [4.78, 5) is 29.5. The number of carbonyl (C=O) groups excluding carboxylic acids is 2. The summed E-state index contributed by atoms with van der Waals surface area (Å²) in [6.07, 6.45) is 1.28. The van der Waals surface area contributed by atoms with Gasteiger partial charge in [0.05, 0.1) is 31.8 Å². The summed E-state index contributed by atoms with van der Waals surface area (Å²) in [5, 5.41) is 5.78. The first kappa shape index (κ1) is 21.6. The number of fused-ring (bicyclic) bond motifs is 1. The van der Waals surface area contributed by atoms with Gasteiger partial charge >= 0.3 is 0 Å². The third-order valence-corrected chi connectivity index (χ3v) is 5.52. The fourth-order valence-electron chi connectivity index (χ4n) is 3.73. The Kier molecular flexibility index (Phi) is 6.27. The number of nitrogens with zero attached hydrogens (tertiary/aromatic N) is 2. The lowest BCUT2D eigenvalue weighted by molar-refractivity contribution is -0.130. The van der Waals surface area contributed by atoms with Crippen molar-refractivity contribution in [1.29, 1.82) is 0 Å². The van der Waals surface area contributed by atoms with Crippen molar-refractivity contribution in [3.05, 3.63) is 47.8 Å². The van der Waals surface area contributed by atoms with Crippen LogP contribution in [-0.4, -0.2) is 48.3 Å². The Labute approximate surface area is 185 Å². The van der Waals surface area contributed by atoms with E-state index in [1.165, 1.54) is 7.11 Å². The molecular weight excluding hydrogens is 412 g/mol. The van der Waals surface area contributed by atoms with Crippen molar-refractivity contribution in [3.63, 3.8) is 0 Å². The molecule has 1 fully saturated rings. The Morgan fingerprint density at radius 3 is 2.69 bits per heavy atom. The van der Waals surface area contributed by atoms with Gasteiger partial charge in [0.2, 0.25) is 5.91 Å². The van der Waals surface area contributed by atoms with E-state index in [2.05, 4.69) is 15.6 Å². The maximum Gasteiger partial charge on any atom is 0.255 e. The molecule has 2 N–H and O–H groups in total. The van der Waals surface area contributed by atoms with E-state index in [-0.39, 0.29) is 17.9 Å². The van der Waals surface area contributed by atoms with Gasteiger partial charge in [-0.3, -0.25) is 9.59 Å². The third kappa shape index (κ3) is 4.38. The van der Waals surface area contributed by atoms with Crippen molar-refractivity contribution >= 4 is 28.5 Å². The standard InChI is InChI=1S/C23H26N4O5/c1-27-17-8-7-15(25-22(28)14-6-9-18(30-2)20(11-14)31-3)12-16(17)26-21(27)13-24-23(29)19-5-4-10-32-19/h6-9,11-12,19H,4-5,10,13H2,1-3H3,(H,24,29)(H,25,28)/t19-/m0/s1. The van der Waals surface area contributed by atoms with E-state index < -0.39 is 0 Å². The fourth-order valence-corrected chi connectivity index (χ4v) is 3.73. The number of rotatable bonds is 7. The lowest BCUT2D eigenvalue weighted by Crippen LogP contribution is -2.34. The summed E-state index contributed by atoms with van der Waals surface area (Å²) in [5.74, 6) is 1.37. The van der Waals surface area contributed by atoms with Crippen LogP contribution >= 0.6 is 0 Å². The molecule has 0 bridgehead atoms. The van der Waals surface area contributed by atoms with Gasteiger partial charge in [0.25, 0.3) is 5.91 Å². The van der Waals surface area contributed by atoms with E-state index in [1.54, 1.807) is 31.4 Å². The lowest BCUT2D eigenvalue weighted by atomic mass is 10.1. The minimum Gasteiger partial charge on any atom is -0.493 e. The number of hydrogen-bond acceptors (Lipinski definition) is 6. The van der Waals surface area contributed by atoms with Crippen LogP contribution in [0.4, 0.5) is 5.69 Å². The predicted molar refractivity (Wildman–Crippen MR) is 119 cm³/mol. The van der Waals surface area contributed by atoms with E-state index in [1.807, 2.05) is 23.7 Å². The Balaban J connectivity index is 1.47. The number of methoxy groups -OCH3 is 2. The number of aromatic nitrogens is 2. The first-order valence-electron chi connectivity index (χ1n) is 10.4. The van der Waals surface area contributed by atoms with E-state index in [4.69, 9.17) is 14.2 Å². The average Bonchev–Trinajstić information content (AvgIpc) is 3.45. The Bertz CT molecular complexity index is 1150. The van der Waals surface area contributed by atoms with Crippen LogP contribution in [0, 0.1) is 0 Å². The normalized spacial score (nSPS) is 15.5. The molecule has 1 saturated heterocycles. The lowest BCUT2D eigenvalue weighted by Gasteiger charge is -2.10. The smallest absolute Gasteiger partial charge is 0.255 e. The SMILES string of the molecule is COc1ccc(C(=O)Nc2ccc3c(c2)nc(CNC(=O)[C@@H]2CCCO2)n3C)cc1OC. The highest BCUT2D eigenvalue weighted by Gasteiger charge is 2.23. The molecule has 32 heavy (non-hydrogen) atoms. The minimum atomic E-state index is -0.372. The van der Waals surface area contributed by atoms with Gasteiger partial charge in [-0.25, -0.2) is 4.98 Å². The van der Waals surface area contributed by atoms with Gasteiger partial charge in [-0.2, -0.15) is 0 Å². The molecule has 0 aliphatic carbocycles. The number of benzene rings is 2. The molecule has 1 aromatic heterocycles. The predicted octanol–water partition coefficient (Wildman–Crippen LogP) is 2.64. The van der Waals surface area contributed by atoms with Crippen molar-refractivity contribution in [3.8, 4) is 11.5 Å². The van der Waals surface area contributed by atoms with Gasteiger partial charge < -0.3 is 29.4 Å². The summed E-state index contributed by atoms with van der Waals surface area (Å²) in [7, 11) is 4.96. The van der Waals surface area contributed by atoms with Crippen LogP contribution in [0.2, 0.25) is 0 Å². The third-order valence-electron chi connectivity index (χ3n) is 5.52. The summed E-state index contributed by atoms with van der Waals surface area (Å²) >= 11 is 0. The largest absolute Gasteiger partial charge is 0.493 e. The van der Waals surface area contributed by atoms with Gasteiger partial charge in [0.1, 0.15) is 11.9 Å². The quantitative estimate of drug-likeness (QED) is 0.588. The van der Waals surface area contributed by atoms with Gasteiger partial charge in [0.15, 0.2) is 11.5 Å². The maximum atomic E-state index is 12.7. The van der Waals surface area contributed by atoms with Crippen LogP contribution < -0.4 is 20.1 Å². The molecule has 0 saturated carbocycles. The molecular formula is C23H26N4O5. The second-order valence-corrected chi connectivity index (χ2v) is 7.53. The zero-order valence-electron chi connectivity index (χ0n) is 18.3. The fraction of sp³-hybridized carbons (Fsp3) is 0.348. The monoisotopic (exact) mass is 438 g/mol. The number of imidazole rings is 1. The summed E-state index contributed by atoms with van der Waals surface area (Å²) in [6, 6.07) is 10.5. The van der Waals surface area contributed by atoms with Crippen LogP contribution in [0.5, 0.6) is 11.5 Å². The number of nitrogens with one attached hydrogen (secondary N) is 2. The molecule has 0 radical (unpaired) electrons. The molecule has 9 heteroatoms. The number of aryl methyl sites for hydroxylation is 1. The maximum absolute atomic E-state index is 12.7. The zero-order chi connectivity index (χ0) is 22.7. The van der Waals surface area contributed by atoms with E-state index in [0.29, 0.717) is 35.9 Å². The molecule has 1 atom stereocenters. The van der Waals surface area contributed by atoms with E-state index >= 15 is 0 Å². The molecule has 1 aliphatic heterocycles. The second-order valence-electron chi connectivity index (χ2n) is 7.53. The van der Waals surface area contributed by atoms with Gasteiger partial charge in [0, 0.05) is 24.9 Å². The summed E-state index contributed by atoms with van der Waals surface area (Å²) in [6.45, 7) is 0.930. The molecule has 2 amide bonds. The van der Waals surface area contributed by atoms with Crippen molar-refractivity contribution in [2.75, 3.05) is 26.1 Å². The van der Waals surface area contributed by atoms with Crippen molar-refractivity contribution in [2.45, 2.75) is 25.5 Å². The zero-order valence-corrected chi connectivity index (χ0v) is 18.3. The number of anilines is 1. The summed E-state index contributed by atoms with van der Waals surface area (Å²) < 4.78 is 17.8. The number of hydrogen-bond donors (Lipinski definition) is 2. The van der Waals surface area contributed by atoms with Crippen LogP contribution in [0.25, 0.3) is 11.0 Å². The van der Waals surface area contributed by atoms with Gasteiger partial charge in [-0.05, 0) is 49.2 Å². The number of carbonyl (C=O) groups is 2.